The van der Waals surface area contributed by atoms with Crippen molar-refractivity contribution in [2.24, 2.45) is 0 Å². The fraction of sp³-hybridized carbons (Fsp3) is 0.231. The number of rotatable bonds is 4. The van der Waals surface area contributed by atoms with Gasteiger partial charge in [0.2, 0.25) is 15.9 Å². The molecule has 1 aliphatic heterocycles. The molecule has 0 bridgehead atoms. The average Bonchev–Trinajstić information content (AvgIpc) is 3.00. The van der Waals surface area contributed by atoms with Crippen LogP contribution in [-0.2, 0) is 27.8 Å². The van der Waals surface area contributed by atoms with Crippen molar-refractivity contribution >= 4 is 21.6 Å². The Morgan fingerprint density at radius 1 is 1.38 bits per heavy atom. The lowest BCUT2D eigenvalue weighted by Crippen LogP contribution is -2.23. The summed E-state index contributed by atoms with van der Waals surface area (Å²) in [5.41, 5.74) is 1.85. The molecule has 0 unspecified atom stereocenters. The molecule has 2 N–H and O–H groups in total. The number of hydrogen-bond donors (Lipinski definition) is 2. The molecule has 21 heavy (non-hydrogen) atoms. The molecule has 3 rings (SSSR count). The predicted molar refractivity (Wildman–Crippen MR) is 74.0 cm³/mol. The van der Waals surface area contributed by atoms with Crippen molar-refractivity contribution in [3.8, 4) is 0 Å². The van der Waals surface area contributed by atoms with Crippen LogP contribution in [0.25, 0.3) is 0 Å². The molecule has 2 aromatic rings. The molecule has 0 aliphatic carbocycles. The van der Waals surface area contributed by atoms with Gasteiger partial charge < -0.3 is 9.84 Å². The first-order chi connectivity index (χ1) is 9.94. The molecule has 0 atom stereocenters. The third kappa shape index (κ3) is 2.81. The van der Waals surface area contributed by atoms with Crippen LogP contribution in [0.2, 0.25) is 0 Å². The van der Waals surface area contributed by atoms with Gasteiger partial charge in [-0.3, -0.25) is 4.79 Å². The second kappa shape index (κ2) is 4.97. The van der Waals surface area contributed by atoms with Gasteiger partial charge in [-0.05, 0) is 30.7 Å². The summed E-state index contributed by atoms with van der Waals surface area (Å²) in [5.74, 6) is 0.483. The minimum atomic E-state index is -3.66. The smallest absolute Gasteiger partial charge is 0.240 e. The van der Waals surface area contributed by atoms with E-state index in [-0.39, 0.29) is 23.8 Å². The zero-order valence-electron chi connectivity index (χ0n) is 11.2. The van der Waals surface area contributed by atoms with Gasteiger partial charge in [-0.25, -0.2) is 13.1 Å². The average molecular weight is 307 g/mol. The van der Waals surface area contributed by atoms with E-state index in [9.17, 15) is 13.2 Å². The first-order valence-corrected chi connectivity index (χ1v) is 7.77. The van der Waals surface area contributed by atoms with E-state index in [0.717, 1.165) is 0 Å². The van der Waals surface area contributed by atoms with Gasteiger partial charge in [-0.1, -0.05) is 5.16 Å². The van der Waals surface area contributed by atoms with Crippen LogP contribution >= 0.6 is 0 Å². The van der Waals surface area contributed by atoms with Crippen LogP contribution in [0.1, 0.15) is 17.0 Å². The molecule has 1 aromatic carbocycles. The van der Waals surface area contributed by atoms with E-state index in [4.69, 9.17) is 4.52 Å². The van der Waals surface area contributed by atoms with Gasteiger partial charge in [-0.2, -0.15) is 0 Å². The van der Waals surface area contributed by atoms with E-state index < -0.39 is 10.0 Å². The lowest BCUT2D eigenvalue weighted by molar-refractivity contribution is -0.115. The summed E-state index contributed by atoms with van der Waals surface area (Å²) in [5, 5.41) is 6.38. The third-order valence-electron chi connectivity index (χ3n) is 3.13. The van der Waals surface area contributed by atoms with Crippen LogP contribution in [-0.4, -0.2) is 19.5 Å². The second-order valence-corrected chi connectivity index (χ2v) is 6.56. The Kier molecular flexibility index (Phi) is 3.26. The summed E-state index contributed by atoms with van der Waals surface area (Å²) in [4.78, 5) is 11.4. The van der Waals surface area contributed by atoms with Gasteiger partial charge in [0.25, 0.3) is 0 Å². The third-order valence-corrected chi connectivity index (χ3v) is 4.53. The number of hydrogen-bond acceptors (Lipinski definition) is 5. The van der Waals surface area contributed by atoms with Gasteiger partial charge in [0.15, 0.2) is 0 Å². The predicted octanol–water partition coefficient (Wildman–Crippen LogP) is 0.956. The monoisotopic (exact) mass is 307 g/mol. The van der Waals surface area contributed by atoms with Gasteiger partial charge in [0.05, 0.1) is 23.6 Å². The zero-order valence-corrected chi connectivity index (χ0v) is 12.0. The lowest BCUT2D eigenvalue weighted by atomic mass is 10.2. The molecule has 0 fully saturated rings. The van der Waals surface area contributed by atoms with Crippen molar-refractivity contribution in [3.63, 3.8) is 0 Å². The van der Waals surface area contributed by atoms with Crippen LogP contribution in [0.3, 0.4) is 0 Å². The summed E-state index contributed by atoms with van der Waals surface area (Å²) in [7, 11) is -3.66. The van der Waals surface area contributed by atoms with Crippen molar-refractivity contribution in [2.45, 2.75) is 24.8 Å². The summed E-state index contributed by atoms with van der Waals surface area (Å²) < 4.78 is 31.8. The topological polar surface area (TPSA) is 101 Å². The molecule has 110 valence electrons. The van der Waals surface area contributed by atoms with E-state index in [0.29, 0.717) is 22.7 Å². The molecule has 1 aromatic heterocycles. The number of anilines is 1. The van der Waals surface area contributed by atoms with Crippen molar-refractivity contribution in [3.05, 3.63) is 41.3 Å². The quantitative estimate of drug-likeness (QED) is 0.876. The Hall–Kier alpha value is -2.19. The Morgan fingerprint density at radius 2 is 2.19 bits per heavy atom. The number of aryl methyl sites for hydroxylation is 1. The summed E-state index contributed by atoms with van der Waals surface area (Å²) >= 11 is 0. The van der Waals surface area contributed by atoms with E-state index in [1.54, 1.807) is 19.1 Å². The van der Waals surface area contributed by atoms with Gasteiger partial charge in [0, 0.05) is 11.8 Å². The zero-order chi connectivity index (χ0) is 15.0. The maximum Gasteiger partial charge on any atom is 0.240 e. The van der Waals surface area contributed by atoms with Gasteiger partial charge in [-0.15, -0.1) is 0 Å². The van der Waals surface area contributed by atoms with Crippen molar-refractivity contribution < 1.29 is 17.7 Å². The molecule has 0 radical (unpaired) electrons. The Morgan fingerprint density at radius 3 is 2.90 bits per heavy atom. The van der Waals surface area contributed by atoms with E-state index in [1.807, 2.05) is 0 Å². The van der Waals surface area contributed by atoms with Crippen molar-refractivity contribution in [2.75, 3.05) is 5.32 Å². The summed E-state index contributed by atoms with van der Waals surface area (Å²) in [6, 6.07) is 6.22. The Labute approximate surface area is 121 Å². The second-order valence-electron chi connectivity index (χ2n) is 4.80. The van der Waals surface area contributed by atoms with Crippen LogP contribution in [0, 0.1) is 6.92 Å². The Balaban J connectivity index is 1.79. The van der Waals surface area contributed by atoms with Crippen molar-refractivity contribution in [1.29, 1.82) is 0 Å². The number of carbonyl (C=O) groups excluding carboxylic acids is 1. The fourth-order valence-electron chi connectivity index (χ4n) is 2.13. The van der Waals surface area contributed by atoms with E-state index >= 15 is 0 Å². The number of sulfonamides is 1. The minimum absolute atomic E-state index is 0.0495. The highest BCUT2D eigenvalue weighted by atomic mass is 32.2. The first kappa shape index (κ1) is 13.8. The highest BCUT2D eigenvalue weighted by molar-refractivity contribution is 7.89. The number of nitrogens with one attached hydrogen (secondary N) is 2. The van der Waals surface area contributed by atoms with Gasteiger partial charge >= 0.3 is 0 Å². The number of benzene rings is 1. The largest absolute Gasteiger partial charge is 0.361 e. The molecule has 1 amide bonds. The molecule has 0 saturated carbocycles. The number of fused-ring (bicyclic) bond motifs is 1. The molecule has 8 heteroatoms. The standard InChI is InChI=1S/C13H13N3O4S/c1-8-4-10(16-20-8)7-14-21(18,19)11-2-3-12-9(5-11)6-13(17)15-12/h2-5,14H,6-7H2,1H3,(H,15,17). The highest BCUT2D eigenvalue weighted by Crippen LogP contribution is 2.25. The maximum atomic E-state index is 12.2. The molecular weight excluding hydrogens is 294 g/mol. The molecule has 1 aliphatic rings. The Bertz CT molecular complexity index is 811. The van der Waals surface area contributed by atoms with Crippen LogP contribution in [0.5, 0.6) is 0 Å². The number of amides is 1. The fourth-order valence-corrected chi connectivity index (χ4v) is 3.18. The van der Waals surface area contributed by atoms with E-state index in [1.165, 1.54) is 12.1 Å². The van der Waals surface area contributed by atoms with Crippen LogP contribution < -0.4 is 10.0 Å². The molecule has 2 heterocycles. The number of nitrogens with zero attached hydrogens (tertiary/aromatic N) is 1. The summed E-state index contributed by atoms with van der Waals surface area (Å²) in [6.07, 6.45) is 0.196. The van der Waals surface area contributed by atoms with Crippen molar-refractivity contribution in [1.82, 2.24) is 9.88 Å². The minimum Gasteiger partial charge on any atom is -0.361 e. The molecular formula is C13H13N3O4S. The summed E-state index contributed by atoms with van der Waals surface area (Å²) in [6.45, 7) is 1.78. The number of aromatic nitrogens is 1. The molecule has 0 saturated heterocycles. The van der Waals surface area contributed by atoms with E-state index in [2.05, 4.69) is 15.2 Å². The van der Waals surface area contributed by atoms with Crippen LogP contribution in [0.4, 0.5) is 5.69 Å². The van der Waals surface area contributed by atoms with Gasteiger partial charge in [0.1, 0.15) is 5.76 Å². The highest BCUT2D eigenvalue weighted by Gasteiger charge is 2.21. The SMILES string of the molecule is Cc1cc(CNS(=O)(=O)c2ccc3c(c2)CC(=O)N3)no1. The maximum absolute atomic E-state index is 12.2. The molecule has 0 spiro atoms. The lowest BCUT2D eigenvalue weighted by Gasteiger charge is -2.06. The first-order valence-electron chi connectivity index (χ1n) is 6.29. The molecule has 7 nitrogen and oxygen atoms in total. The normalized spacial score (nSPS) is 14.0. The number of carbonyl (C=O) groups is 1. The van der Waals surface area contributed by atoms with Crippen LogP contribution in [0.15, 0.2) is 33.7 Å².